The van der Waals surface area contributed by atoms with Crippen molar-refractivity contribution in [2.75, 3.05) is 13.2 Å². The van der Waals surface area contributed by atoms with Gasteiger partial charge >= 0.3 is 17.9 Å². The molecule has 0 aromatic heterocycles. The molecule has 0 aliphatic carbocycles. The third-order valence-electron chi connectivity index (χ3n) is 14.1. The zero-order valence-corrected chi connectivity index (χ0v) is 45.3. The van der Waals surface area contributed by atoms with E-state index in [4.69, 9.17) is 14.2 Å². The van der Waals surface area contributed by atoms with Crippen molar-refractivity contribution in [2.24, 2.45) is 11.8 Å². The van der Waals surface area contributed by atoms with E-state index in [0.717, 1.165) is 69.6 Å². The first-order valence-electron chi connectivity index (χ1n) is 29.8. The van der Waals surface area contributed by atoms with Gasteiger partial charge < -0.3 is 14.2 Å². The minimum atomic E-state index is -0.762. The maximum atomic E-state index is 12.9. The van der Waals surface area contributed by atoms with Crippen molar-refractivity contribution >= 4 is 17.9 Å². The lowest BCUT2D eigenvalue weighted by molar-refractivity contribution is -0.167. The minimum absolute atomic E-state index is 0.0624. The molecule has 0 aliphatic rings. The van der Waals surface area contributed by atoms with Crippen molar-refractivity contribution < 1.29 is 28.6 Å². The summed E-state index contributed by atoms with van der Waals surface area (Å²) < 4.78 is 16.9. The second kappa shape index (κ2) is 52.8. The summed E-state index contributed by atoms with van der Waals surface area (Å²) in [7, 11) is 0. The lowest BCUT2D eigenvalue weighted by Gasteiger charge is -2.18. The minimum Gasteiger partial charge on any atom is -0.462 e. The standard InChI is InChI=1S/C60H116O6/c1-6-8-9-10-11-12-23-30-35-40-45-50-58(61)64-53-57(54-65-59(62)51-46-41-36-31-26-21-18-17-20-25-29-34-39-44-49-56(5)7-2)66-60(63)52-47-42-37-32-27-22-16-14-13-15-19-24-28-33-38-43-48-55(3)4/h55-57H,6-54H2,1-5H3/t56?,57-/m0/s1. The van der Waals surface area contributed by atoms with Crippen LogP contribution in [-0.4, -0.2) is 37.2 Å². The second-order valence-corrected chi connectivity index (χ2v) is 21.4. The molecule has 0 N–H and O–H groups in total. The number of esters is 3. The Hall–Kier alpha value is -1.59. The molecule has 1 unspecified atom stereocenters. The van der Waals surface area contributed by atoms with Crippen LogP contribution in [0.2, 0.25) is 0 Å². The van der Waals surface area contributed by atoms with Gasteiger partial charge in [0.2, 0.25) is 0 Å². The fourth-order valence-corrected chi connectivity index (χ4v) is 9.20. The van der Waals surface area contributed by atoms with Crippen LogP contribution >= 0.6 is 0 Å². The summed E-state index contributed by atoms with van der Waals surface area (Å²) in [5.74, 6) is 0.910. The average molecular weight is 934 g/mol. The first-order chi connectivity index (χ1) is 32.3. The van der Waals surface area contributed by atoms with E-state index in [0.29, 0.717) is 19.3 Å². The van der Waals surface area contributed by atoms with Gasteiger partial charge in [0.25, 0.3) is 0 Å². The molecule has 0 amide bonds. The van der Waals surface area contributed by atoms with Crippen molar-refractivity contribution in [3.8, 4) is 0 Å². The molecule has 0 spiro atoms. The van der Waals surface area contributed by atoms with Crippen molar-refractivity contribution in [1.82, 2.24) is 0 Å². The molecule has 6 heteroatoms. The van der Waals surface area contributed by atoms with Gasteiger partial charge in [-0.1, -0.05) is 298 Å². The van der Waals surface area contributed by atoms with Gasteiger partial charge in [-0.05, 0) is 31.1 Å². The number of carbonyl (C=O) groups excluding carboxylic acids is 3. The quantitative estimate of drug-likeness (QED) is 0.0343. The molecule has 0 bridgehead atoms. The number of carbonyl (C=O) groups is 3. The van der Waals surface area contributed by atoms with Crippen molar-refractivity contribution in [3.63, 3.8) is 0 Å². The molecule has 0 aliphatic heterocycles. The summed E-state index contributed by atoms with van der Waals surface area (Å²) in [6.07, 6.45) is 56.6. The van der Waals surface area contributed by atoms with Crippen LogP contribution in [0.4, 0.5) is 0 Å². The van der Waals surface area contributed by atoms with E-state index in [2.05, 4.69) is 34.6 Å². The third-order valence-corrected chi connectivity index (χ3v) is 14.1. The number of unbranched alkanes of at least 4 members (excludes halogenated alkanes) is 38. The highest BCUT2D eigenvalue weighted by atomic mass is 16.6. The maximum Gasteiger partial charge on any atom is 0.306 e. The molecule has 0 radical (unpaired) electrons. The van der Waals surface area contributed by atoms with Crippen LogP contribution in [0.1, 0.15) is 336 Å². The van der Waals surface area contributed by atoms with Crippen LogP contribution in [-0.2, 0) is 28.6 Å². The lowest BCUT2D eigenvalue weighted by Crippen LogP contribution is -2.30. The number of rotatable bonds is 54. The highest BCUT2D eigenvalue weighted by Gasteiger charge is 2.19. The van der Waals surface area contributed by atoms with Crippen LogP contribution in [0.5, 0.6) is 0 Å². The van der Waals surface area contributed by atoms with Crippen LogP contribution in [0, 0.1) is 11.8 Å². The van der Waals surface area contributed by atoms with Crippen LogP contribution in [0.25, 0.3) is 0 Å². The van der Waals surface area contributed by atoms with Crippen molar-refractivity contribution in [2.45, 2.75) is 343 Å². The largest absolute Gasteiger partial charge is 0.462 e. The molecule has 392 valence electrons. The predicted molar refractivity (Wildman–Crippen MR) is 284 cm³/mol. The first-order valence-corrected chi connectivity index (χ1v) is 29.8. The average Bonchev–Trinajstić information content (AvgIpc) is 3.30. The SMILES string of the molecule is CCCCCCCCCCCCCC(=O)OC[C@@H](COC(=O)CCCCCCCCCCCCCCCCC(C)CC)OC(=O)CCCCCCCCCCCCCCCCCCC(C)C. The van der Waals surface area contributed by atoms with E-state index >= 15 is 0 Å². The Morgan fingerprint density at radius 2 is 0.576 bits per heavy atom. The lowest BCUT2D eigenvalue weighted by atomic mass is 9.99. The third kappa shape index (κ3) is 51.8. The molecule has 2 atom stereocenters. The molecule has 0 saturated heterocycles. The van der Waals surface area contributed by atoms with E-state index in [-0.39, 0.29) is 31.1 Å². The van der Waals surface area contributed by atoms with Gasteiger partial charge in [0.05, 0.1) is 0 Å². The van der Waals surface area contributed by atoms with Crippen LogP contribution < -0.4 is 0 Å². The van der Waals surface area contributed by atoms with Crippen LogP contribution in [0.3, 0.4) is 0 Å². The molecule has 0 aromatic rings. The van der Waals surface area contributed by atoms with Gasteiger partial charge in [0, 0.05) is 19.3 Å². The number of hydrogen-bond donors (Lipinski definition) is 0. The van der Waals surface area contributed by atoms with Gasteiger partial charge in [-0.25, -0.2) is 0 Å². The Bertz CT molecular complexity index is 1010. The van der Waals surface area contributed by atoms with Crippen LogP contribution in [0.15, 0.2) is 0 Å². The monoisotopic (exact) mass is 933 g/mol. The summed E-state index contributed by atoms with van der Waals surface area (Å²) in [6.45, 7) is 11.5. The molecule has 0 fully saturated rings. The van der Waals surface area contributed by atoms with E-state index in [9.17, 15) is 14.4 Å². The summed E-state index contributed by atoms with van der Waals surface area (Å²) in [4.78, 5) is 38.1. The molecule has 6 nitrogen and oxygen atoms in total. The van der Waals surface area contributed by atoms with E-state index in [1.54, 1.807) is 0 Å². The molecule has 0 heterocycles. The summed E-state index contributed by atoms with van der Waals surface area (Å²) in [5, 5.41) is 0. The first kappa shape index (κ1) is 64.4. The van der Waals surface area contributed by atoms with Gasteiger partial charge in [0.15, 0.2) is 6.10 Å². The molecule has 66 heavy (non-hydrogen) atoms. The van der Waals surface area contributed by atoms with E-state index < -0.39 is 6.10 Å². The normalized spacial score (nSPS) is 12.5. The Kier molecular flexibility index (Phi) is 51.5. The fraction of sp³-hybridized carbons (Fsp3) is 0.950. The molecule has 0 saturated carbocycles. The topological polar surface area (TPSA) is 78.9 Å². The molecule has 0 rings (SSSR count). The van der Waals surface area contributed by atoms with Gasteiger partial charge in [0.1, 0.15) is 13.2 Å². The Morgan fingerprint density at radius 3 is 0.864 bits per heavy atom. The maximum absolute atomic E-state index is 12.9. The summed E-state index contributed by atoms with van der Waals surface area (Å²) >= 11 is 0. The zero-order chi connectivity index (χ0) is 48.2. The smallest absolute Gasteiger partial charge is 0.306 e. The number of ether oxygens (including phenoxy) is 3. The zero-order valence-electron chi connectivity index (χ0n) is 45.3. The number of hydrogen-bond acceptors (Lipinski definition) is 6. The van der Waals surface area contributed by atoms with Crippen molar-refractivity contribution in [3.05, 3.63) is 0 Å². The highest BCUT2D eigenvalue weighted by Crippen LogP contribution is 2.19. The molecular formula is C60H116O6. The Morgan fingerprint density at radius 1 is 0.318 bits per heavy atom. The van der Waals surface area contributed by atoms with E-state index in [1.165, 1.54) is 225 Å². The Labute approximate surface area is 412 Å². The summed E-state index contributed by atoms with van der Waals surface area (Å²) in [5.41, 5.74) is 0. The van der Waals surface area contributed by atoms with Gasteiger partial charge in [-0.2, -0.15) is 0 Å². The Balaban J connectivity index is 4.25. The van der Waals surface area contributed by atoms with Gasteiger partial charge in [-0.3, -0.25) is 14.4 Å². The van der Waals surface area contributed by atoms with E-state index in [1.807, 2.05) is 0 Å². The fourth-order valence-electron chi connectivity index (χ4n) is 9.20. The highest BCUT2D eigenvalue weighted by molar-refractivity contribution is 5.71. The summed E-state index contributed by atoms with van der Waals surface area (Å²) in [6, 6.07) is 0. The predicted octanol–water partition coefficient (Wildman–Crippen LogP) is 19.7. The molecular weight excluding hydrogens is 817 g/mol. The molecule has 0 aromatic carbocycles. The van der Waals surface area contributed by atoms with Crippen molar-refractivity contribution in [1.29, 1.82) is 0 Å². The second-order valence-electron chi connectivity index (χ2n) is 21.4. The van der Waals surface area contributed by atoms with Gasteiger partial charge in [-0.15, -0.1) is 0 Å².